The summed E-state index contributed by atoms with van der Waals surface area (Å²) in [6.07, 6.45) is 0. The molecular weight excluding hydrogens is 366 g/mol. The summed E-state index contributed by atoms with van der Waals surface area (Å²) in [5, 5.41) is 0. The van der Waals surface area contributed by atoms with Crippen molar-refractivity contribution in [2.45, 2.75) is 38.6 Å². The molecule has 0 radical (unpaired) electrons. The molecule has 0 aliphatic carbocycles. The molecule has 0 saturated carbocycles. The van der Waals surface area contributed by atoms with E-state index in [4.69, 9.17) is 14.2 Å². The van der Waals surface area contributed by atoms with Gasteiger partial charge in [-0.25, -0.2) is 13.1 Å². The summed E-state index contributed by atoms with van der Waals surface area (Å²) in [5.41, 5.74) is 0.820. The number of nitrogens with one attached hydrogen (secondary N) is 1. The van der Waals surface area contributed by atoms with Crippen molar-refractivity contribution < 1.29 is 22.6 Å². The third kappa shape index (κ3) is 5.61. The van der Waals surface area contributed by atoms with Crippen LogP contribution in [0.3, 0.4) is 0 Å². The van der Waals surface area contributed by atoms with E-state index < -0.39 is 16.1 Å². The maximum Gasteiger partial charge on any atom is 0.241 e. The van der Waals surface area contributed by atoms with Crippen molar-refractivity contribution in [3.63, 3.8) is 0 Å². The number of hydrogen-bond donors (Lipinski definition) is 1. The van der Waals surface area contributed by atoms with Gasteiger partial charge in [0.1, 0.15) is 5.75 Å². The van der Waals surface area contributed by atoms with Crippen LogP contribution >= 0.6 is 0 Å². The van der Waals surface area contributed by atoms with Gasteiger partial charge in [-0.15, -0.1) is 0 Å². The summed E-state index contributed by atoms with van der Waals surface area (Å²) in [7, 11) is -3.73. The predicted molar refractivity (Wildman–Crippen MR) is 105 cm³/mol. The molecule has 0 aromatic heterocycles. The Morgan fingerprint density at radius 1 is 0.889 bits per heavy atom. The van der Waals surface area contributed by atoms with Crippen molar-refractivity contribution in [2.24, 2.45) is 0 Å². The molecule has 27 heavy (non-hydrogen) atoms. The summed E-state index contributed by atoms with van der Waals surface area (Å²) in [4.78, 5) is 0.127. The number of ether oxygens (including phenoxy) is 3. The first kappa shape index (κ1) is 21.1. The van der Waals surface area contributed by atoms with E-state index in [1.54, 1.807) is 13.0 Å². The molecule has 148 valence electrons. The van der Waals surface area contributed by atoms with Crippen LogP contribution in [0.2, 0.25) is 0 Å². The normalized spacial score (nSPS) is 12.4. The van der Waals surface area contributed by atoms with Gasteiger partial charge < -0.3 is 14.2 Å². The number of benzene rings is 2. The highest BCUT2D eigenvalue weighted by atomic mass is 32.2. The Balaban J connectivity index is 2.25. The number of sulfonamides is 1. The lowest BCUT2D eigenvalue weighted by Gasteiger charge is -2.17. The van der Waals surface area contributed by atoms with Gasteiger partial charge in [-0.05, 0) is 57.5 Å². The Morgan fingerprint density at radius 2 is 1.56 bits per heavy atom. The fraction of sp³-hybridized carbons (Fsp3) is 0.400. The lowest BCUT2D eigenvalue weighted by molar-refractivity contribution is 0.287. The lowest BCUT2D eigenvalue weighted by atomic mass is 10.1. The van der Waals surface area contributed by atoms with E-state index in [-0.39, 0.29) is 4.90 Å². The third-order valence-corrected chi connectivity index (χ3v) is 5.36. The van der Waals surface area contributed by atoms with E-state index in [0.29, 0.717) is 37.1 Å². The first-order valence-electron chi connectivity index (χ1n) is 9.06. The second-order valence-corrected chi connectivity index (χ2v) is 7.54. The topological polar surface area (TPSA) is 73.9 Å². The molecule has 0 spiro atoms. The van der Waals surface area contributed by atoms with E-state index in [1.807, 2.05) is 45.0 Å². The smallest absolute Gasteiger partial charge is 0.241 e. The summed E-state index contributed by atoms with van der Waals surface area (Å²) in [6.45, 7) is 8.83. The molecule has 0 fully saturated rings. The quantitative estimate of drug-likeness (QED) is 0.662. The van der Waals surface area contributed by atoms with E-state index in [0.717, 1.165) is 5.56 Å². The molecule has 0 aliphatic heterocycles. The minimum absolute atomic E-state index is 0.127. The first-order valence-corrected chi connectivity index (χ1v) is 10.5. The summed E-state index contributed by atoms with van der Waals surface area (Å²) >= 11 is 0. The standard InChI is InChI=1S/C20H27NO5S/c1-5-24-17-10-8-9-16(13-17)15(4)21-27(22,23)18-11-12-19(25-6-2)20(14-18)26-7-3/h8-15,21H,5-7H2,1-4H3. The van der Waals surface area contributed by atoms with Gasteiger partial charge in [-0.3, -0.25) is 0 Å². The van der Waals surface area contributed by atoms with Crippen LogP contribution in [-0.2, 0) is 10.0 Å². The Kier molecular flexibility index (Phi) is 7.50. The van der Waals surface area contributed by atoms with Gasteiger partial charge in [0.2, 0.25) is 10.0 Å². The zero-order valence-corrected chi connectivity index (χ0v) is 17.0. The van der Waals surface area contributed by atoms with Crippen LogP contribution in [0.5, 0.6) is 17.2 Å². The number of rotatable bonds is 10. The highest BCUT2D eigenvalue weighted by molar-refractivity contribution is 7.89. The van der Waals surface area contributed by atoms with Gasteiger partial charge >= 0.3 is 0 Å². The second kappa shape index (κ2) is 9.62. The van der Waals surface area contributed by atoms with Crippen LogP contribution in [0.25, 0.3) is 0 Å². The molecule has 2 rings (SSSR count). The predicted octanol–water partition coefficient (Wildman–Crippen LogP) is 3.92. The van der Waals surface area contributed by atoms with Crippen LogP contribution in [0, 0.1) is 0 Å². The Bertz CT molecular complexity index is 851. The van der Waals surface area contributed by atoms with Crippen molar-refractivity contribution in [1.29, 1.82) is 0 Å². The van der Waals surface area contributed by atoms with Crippen molar-refractivity contribution in [2.75, 3.05) is 19.8 Å². The van der Waals surface area contributed by atoms with E-state index in [1.165, 1.54) is 12.1 Å². The molecule has 0 aliphatic rings. The SMILES string of the molecule is CCOc1cccc(C(C)NS(=O)(=O)c2ccc(OCC)c(OCC)c2)c1. The van der Waals surface area contributed by atoms with Crippen LogP contribution in [0.1, 0.15) is 39.3 Å². The lowest BCUT2D eigenvalue weighted by Crippen LogP contribution is -2.27. The Hall–Kier alpha value is -2.25. The largest absolute Gasteiger partial charge is 0.494 e. The molecule has 0 saturated heterocycles. The Labute approximate surface area is 161 Å². The summed E-state index contributed by atoms with van der Waals surface area (Å²) in [5.74, 6) is 1.64. The molecule has 7 heteroatoms. The van der Waals surface area contributed by atoms with E-state index >= 15 is 0 Å². The van der Waals surface area contributed by atoms with Gasteiger partial charge in [0.05, 0.1) is 24.7 Å². The van der Waals surface area contributed by atoms with E-state index in [9.17, 15) is 8.42 Å². The highest BCUT2D eigenvalue weighted by Crippen LogP contribution is 2.31. The zero-order valence-electron chi connectivity index (χ0n) is 16.2. The van der Waals surface area contributed by atoms with Crippen molar-refractivity contribution >= 4 is 10.0 Å². The van der Waals surface area contributed by atoms with Gasteiger partial charge in [0.25, 0.3) is 0 Å². The van der Waals surface area contributed by atoms with Gasteiger partial charge in [0.15, 0.2) is 11.5 Å². The molecule has 1 atom stereocenters. The molecule has 0 amide bonds. The maximum atomic E-state index is 12.8. The average Bonchev–Trinajstić information content (AvgIpc) is 2.63. The maximum absolute atomic E-state index is 12.8. The Morgan fingerprint density at radius 3 is 2.22 bits per heavy atom. The first-order chi connectivity index (χ1) is 12.9. The van der Waals surface area contributed by atoms with Gasteiger partial charge in [0, 0.05) is 12.1 Å². The zero-order chi connectivity index (χ0) is 19.9. The van der Waals surface area contributed by atoms with Gasteiger partial charge in [-0.2, -0.15) is 0 Å². The molecule has 6 nitrogen and oxygen atoms in total. The molecule has 1 N–H and O–H groups in total. The monoisotopic (exact) mass is 393 g/mol. The molecule has 1 unspecified atom stereocenters. The third-order valence-electron chi connectivity index (χ3n) is 3.83. The van der Waals surface area contributed by atoms with Crippen LogP contribution < -0.4 is 18.9 Å². The second-order valence-electron chi connectivity index (χ2n) is 5.82. The molecule has 2 aromatic carbocycles. The summed E-state index contributed by atoms with van der Waals surface area (Å²) < 4.78 is 44.8. The summed E-state index contributed by atoms with van der Waals surface area (Å²) in [6, 6.07) is 11.6. The van der Waals surface area contributed by atoms with Crippen LogP contribution in [-0.4, -0.2) is 28.2 Å². The van der Waals surface area contributed by atoms with Gasteiger partial charge in [-0.1, -0.05) is 12.1 Å². The van der Waals surface area contributed by atoms with Crippen LogP contribution in [0.15, 0.2) is 47.4 Å². The molecular formula is C20H27NO5S. The van der Waals surface area contributed by atoms with Crippen molar-refractivity contribution in [3.05, 3.63) is 48.0 Å². The molecule has 0 bridgehead atoms. The molecule has 2 aromatic rings. The minimum Gasteiger partial charge on any atom is -0.494 e. The van der Waals surface area contributed by atoms with Crippen LogP contribution in [0.4, 0.5) is 0 Å². The van der Waals surface area contributed by atoms with Crippen molar-refractivity contribution in [1.82, 2.24) is 4.72 Å². The van der Waals surface area contributed by atoms with E-state index in [2.05, 4.69) is 4.72 Å². The average molecular weight is 394 g/mol. The molecule has 0 heterocycles. The highest BCUT2D eigenvalue weighted by Gasteiger charge is 2.21. The fourth-order valence-corrected chi connectivity index (χ4v) is 3.85. The van der Waals surface area contributed by atoms with Crippen molar-refractivity contribution in [3.8, 4) is 17.2 Å². The number of hydrogen-bond acceptors (Lipinski definition) is 5. The minimum atomic E-state index is -3.73. The fourth-order valence-electron chi connectivity index (χ4n) is 2.61.